The highest BCUT2D eigenvalue weighted by atomic mass is 32.2. The van der Waals surface area contributed by atoms with Gasteiger partial charge in [0.05, 0.1) is 23.6 Å². The third kappa shape index (κ3) is 7.16. The molecule has 0 aliphatic heterocycles. The number of nitrogens with zero attached hydrogens (tertiary/aromatic N) is 3. The molecule has 3 N–H and O–H groups in total. The van der Waals surface area contributed by atoms with Crippen molar-refractivity contribution < 1.29 is 23.6 Å². The fourth-order valence-electron chi connectivity index (χ4n) is 5.55. The molecule has 8 nitrogen and oxygen atoms in total. The Labute approximate surface area is 262 Å². The first-order chi connectivity index (χ1) is 20.9. The van der Waals surface area contributed by atoms with Crippen molar-refractivity contribution in [2.75, 3.05) is 6.61 Å². The van der Waals surface area contributed by atoms with Gasteiger partial charge >= 0.3 is 5.97 Å². The number of carbonyl (C=O) groups is 1. The number of hydrogen-bond acceptors (Lipinski definition) is 7. The summed E-state index contributed by atoms with van der Waals surface area (Å²) in [5.74, 6) is 6.40. The minimum Gasteiger partial charge on any atom is -0.870 e. The lowest BCUT2D eigenvalue weighted by Crippen LogP contribution is -2.08. The van der Waals surface area contributed by atoms with Crippen LogP contribution >= 0.6 is 11.3 Å². The number of halogens is 1. The van der Waals surface area contributed by atoms with Gasteiger partial charge in [-0.1, -0.05) is 41.0 Å². The molecule has 2 fully saturated rings. The Morgan fingerprint density at radius 1 is 1.18 bits per heavy atom. The van der Waals surface area contributed by atoms with Crippen molar-refractivity contribution >= 4 is 28.3 Å². The zero-order valence-corrected chi connectivity index (χ0v) is 26.2. The third-order valence-electron chi connectivity index (χ3n) is 7.98. The number of aromatic nitrogens is 3. The van der Waals surface area contributed by atoms with Gasteiger partial charge in [-0.2, -0.15) is 5.10 Å². The molecule has 2 aliphatic carbocycles. The smallest absolute Gasteiger partial charge is 0.357 e. The van der Waals surface area contributed by atoms with E-state index in [1.807, 2.05) is 22.9 Å². The zero-order chi connectivity index (χ0) is 29.9. The molecule has 11 heteroatoms. The molecule has 1 atom stereocenters. The van der Waals surface area contributed by atoms with Gasteiger partial charge in [0.15, 0.2) is 21.6 Å². The summed E-state index contributed by atoms with van der Waals surface area (Å²) in [5, 5.41) is 13.1. The minimum atomic E-state index is -1.98. The van der Waals surface area contributed by atoms with Crippen LogP contribution in [0.1, 0.15) is 78.3 Å². The molecule has 0 radical (unpaired) electrons. The molecule has 0 spiro atoms. The molecule has 0 amide bonds. The monoisotopic (exact) mass is 634 g/mol. The zero-order valence-electron chi connectivity index (χ0n) is 24.5. The molecule has 2 aliphatic rings. The van der Waals surface area contributed by atoms with E-state index in [-0.39, 0.29) is 23.6 Å². The van der Waals surface area contributed by atoms with E-state index in [0.717, 1.165) is 54.5 Å². The van der Waals surface area contributed by atoms with Crippen molar-refractivity contribution in [1.29, 1.82) is 0 Å². The molecule has 230 valence electrons. The Morgan fingerprint density at radius 3 is 2.70 bits per heavy atom. The van der Waals surface area contributed by atoms with Gasteiger partial charge in [0.2, 0.25) is 5.13 Å². The number of esters is 1. The number of ether oxygens (including phenoxy) is 1. The quantitative estimate of drug-likeness (QED) is 0.102. The largest absolute Gasteiger partial charge is 0.870 e. The highest BCUT2D eigenvalue weighted by molar-refractivity contribution is 7.82. The number of nitrogens with two attached hydrogens (primary N) is 1. The first-order valence-electron chi connectivity index (χ1n) is 14.8. The fraction of sp³-hybridized carbons (Fsp3) is 0.364. The standard InChI is InChI=1S/C33H33FN4O3S2.H2O/c1-2-41-32(39)29-20-42-33(36-29)38-30(18-22-10-11-22)27(17-23-8-5-9-26(16-23)43(35)40)31(37-38)25-14-15-28(34)24(19-25)13-12-21-6-3-4-7-21;/h5,8-9,14-16,19-22H,2-4,6-7,10-11,17-18H2,1H3,(H2,35,40);1H2. The predicted molar refractivity (Wildman–Crippen MR) is 169 cm³/mol. The summed E-state index contributed by atoms with van der Waals surface area (Å²) >= 11 is 1.33. The number of thiazole rings is 1. The topological polar surface area (TPSA) is 130 Å². The van der Waals surface area contributed by atoms with E-state index in [4.69, 9.17) is 15.0 Å². The van der Waals surface area contributed by atoms with Crippen LogP contribution in [0.25, 0.3) is 16.4 Å². The van der Waals surface area contributed by atoms with Crippen molar-refractivity contribution in [2.45, 2.75) is 63.2 Å². The molecule has 6 rings (SSSR count). The maximum absolute atomic E-state index is 15.0. The van der Waals surface area contributed by atoms with E-state index in [1.165, 1.54) is 30.2 Å². The van der Waals surface area contributed by atoms with Gasteiger partial charge in [-0.25, -0.2) is 18.9 Å². The van der Waals surface area contributed by atoms with Gasteiger partial charge < -0.3 is 10.2 Å². The number of hydrogen-bond donors (Lipinski definition) is 1. The van der Waals surface area contributed by atoms with E-state index in [9.17, 15) is 13.4 Å². The predicted octanol–water partition coefficient (Wildman–Crippen LogP) is 6.15. The number of carbonyl (C=O) groups excluding carboxylic acids is 1. The molecule has 1 unspecified atom stereocenters. The molecule has 2 heterocycles. The van der Waals surface area contributed by atoms with E-state index in [0.29, 0.717) is 39.5 Å². The molecule has 2 aromatic carbocycles. The Balaban J connectivity index is 0.00000384. The van der Waals surface area contributed by atoms with Crippen LogP contribution in [0.5, 0.6) is 0 Å². The average molecular weight is 635 g/mol. The summed E-state index contributed by atoms with van der Waals surface area (Å²) < 4.78 is 34.1. The van der Waals surface area contributed by atoms with Crippen molar-refractivity contribution in [3.05, 3.63) is 81.7 Å². The van der Waals surface area contributed by atoms with Gasteiger partial charge in [-0.05, 0) is 80.8 Å². The average Bonchev–Trinajstić information content (AvgIpc) is 3.35. The molecular weight excluding hydrogens is 600 g/mol. The van der Waals surface area contributed by atoms with Gasteiger partial charge in [-0.15, -0.1) is 16.5 Å². The lowest BCUT2D eigenvalue weighted by molar-refractivity contribution is 0.0520. The van der Waals surface area contributed by atoms with Crippen molar-refractivity contribution in [3.63, 3.8) is 0 Å². The van der Waals surface area contributed by atoms with Gasteiger partial charge in [0.1, 0.15) is 5.82 Å². The van der Waals surface area contributed by atoms with Crippen LogP contribution in [0, 0.1) is 29.5 Å². The summed E-state index contributed by atoms with van der Waals surface area (Å²) in [6.45, 7) is 2.02. The highest BCUT2D eigenvalue weighted by Crippen LogP contribution is 2.38. The van der Waals surface area contributed by atoms with E-state index in [1.54, 1.807) is 30.5 Å². The molecule has 2 aromatic heterocycles. The molecule has 0 saturated heterocycles. The summed E-state index contributed by atoms with van der Waals surface area (Å²) in [5.41, 5.74) is 4.97. The van der Waals surface area contributed by atoms with Crippen LogP contribution in [-0.4, -0.2) is 32.8 Å². The lowest BCUT2D eigenvalue weighted by atomic mass is 9.96. The molecule has 0 bridgehead atoms. The number of rotatable bonds is 9. The Hall–Kier alpha value is -3.69. The molecule has 2 saturated carbocycles. The highest BCUT2D eigenvalue weighted by Gasteiger charge is 2.30. The normalized spacial score (nSPS) is 15.3. The van der Waals surface area contributed by atoms with Crippen LogP contribution in [-0.2, 0) is 32.8 Å². The maximum atomic E-state index is 15.0. The van der Waals surface area contributed by atoms with Crippen LogP contribution in [0.4, 0.5) is 4.39 Å². The molecule has 44 heavy (non-hydrogen) atoms. The summed E-state index contributed by atoms with van der Waals surface area (Å²) in [7, 11) is -1.98. The van der Waals surface area contributed by atoms with Crippen molar-refractivity contribution in [3.8, 4) is 28.2 Å². The first-order valence-corrected chi connectivity index (χ1v) is 17.0. The van der Waals surface area contributed by atoms with Crippen LogP contribution in [0.15, 0.2) is 52.7 Å². The fourth-order valence-corrected chi connectivity index (χ4v) is 6.85. The molecule has 4 aromatic rings. The van der Waals surface area contributed by atoms with E-state index < -0.39 is 17.0 Å². The van der Waals surface area contributed by atoms with Crippen LogP contribution in [0.2, 0.25) is 0 Å². The number of thiol groups is 1. The van der Waals surface area contributed by atoms with E-state index in [2.05, 4.69) is 16.8 Å². The lowest BCUT2D eigenvalue weighted by Gasteiger charge is -2.09. The van der Waals surface area contributed by atoms with Crippen LogP contribution < -0.4 is 5.14 Å². The Morgan fingerprint density at radius 2 is 1.98 bits per heavy atom. The summed E-state index contributed by atoms with van der Waals surface area (Å²) in [4.78, 5) is 17.6. The second-order valence-electron chi connectivity index (χ2n) is 11.2. The maximum Gasteiger partial charge on any atom is 0.357 e. The molecular formula is C33H35FN4O4S2. The second-order valence-corrected chi connectivity index (χ2v) is 13.2. The van der Waals surface area contributed by atoms with Crippen molar-refractivity contribution in [2.24, 2.45) is 17.0 Å². The Kier molecular flexibility index (Phi) is 10.1. The summed E-state index contributed by atoms with van der Waals surface area (Å²) in [6, 6.07) is 12.5. The van der Waals surface area contributed by atoms with E-state index >= 15 is 0 Å². The minimum absolute atomic E-state index is 0. The number of benzene rings is 2. The Bertz CT molecular complexity index is 1750. The third-order valence-corrected chi connectivity index (χ3v) is 9.58. The van der Waals surface area contributed by atoms with Gasteiger partial charge in [-0.3, -0.25) is 0 Å². The first kappa shape index (κ1) is 31.7. The SMILES string of the molecule is CCOC(=O)c1csc(-n2nc(-c3ccc(F)c(C#CC4CCCC4)c3)c(Cc3cccc([SH+](N)=O)c3)c2CC2CC2)n1.[OH-]. The van der Waals surface area contributed by atoms with Crippen LogP contribution in [0.3, 0.4) is 0 Å². The summed E-state index contributed by atoms with van der Waals surface area (Å²) in [6.07, 6.45) is 8.01. The van der Waals surface area contributed by atoms with Gasteiger partial charge in [0, 0.05) is 28.8 Å². The van der Waals surface area contributed by atoms with Crippen molar-refractivity contribution in [1.82, 2.24) is 14.8 Å². The second kappa shape index (κ2) is 13.9. The van der Waals surface area contributed by atoms with Gasteiger partial charge in [0.25, 0.3) is 0 Å².